The van der Waals surface area contributed by atoms with Gasteiger partial charge in [-0.3, -0.25) is 4.79 Å². The summed E-state index contributed by atoms with van der Waals surface area (Å²) in [6.45, 7) is 3.89. The standard InChI is InChI=1S/C10H10Br2N2OS/c1-6(2)14(4-3-13)10(15)7-5-8(11)16-9(7)12/h5-6H,4H2,1-2H3. The maximum atomic E-state index is 12.1. The molecule has 6 heteroatoms. The highest BCUT2D eigenvalue weighted by Crippen LogP contribution is 2.32. The fraction of sp³-hybridized carbons (Fsp3) is 0.400. The van der Waals surface area contributed by atoms with Gasteiger partial charge in [0.1, 0.15) is 6.54 Å². The first-order chi connectivity index (χ1) is 7.47. The maximum Gasteiger partial charge on any atom is 0.256 e. The van der Waals surface area contributed by atoms with Crippen LogP contribution in [-0.2, 0) is 0 Å². The summed E-state index contributed by atoms with van der Waals surface area (Å²) in [4.78, 5) is 13.7. The van der Waals surface area contributed by atoms with Crippen molar-refractivity contribution in [2.24, 2.45) is 0 Å². The number of rotatable bonds is 3. The molecule has 0 saturated heterocycles. The molecule has 0 unspecified atom stereocenters. The predicted molar refractivity (Wildman–Crippen MR) is 71.5 cm³/mol. The van der Waals surface area contributed by atoms with E-state index in [9.17, 15) is 4.79 Å². The highest BCUT2D eigenvalue weighted by atomic mass is 79.9. The average molecular weight is 366 g/mol. The number of carbonyl (C=O) groups is 1. The zero-order chi connectivity index (χ0) is 12.3. The summed E-state index contributed by atoms with van der Waals surface area (Å²) in [7, 11) is 0. The molecular formula is C10H10Br2N2OS. The number of halogens is 2. The number of hydrogen-bond donors (Lipinski definition) is 0. The van der Waals surface area contributed by atoms with E-state index >= 15 is 0 Å². The summed E-state index contributed by atoms with van der Waals surface area (Å²) >= 11 is 8.12. The Morgan fingerprint density at radius 2 is 2.25 bits per heavy atom. The van der Waals surface area contributed by atoms with E-state index in [4.69, 9.17) is 5.26 Å². The molecule has 0 N–H and O–H groups in total. The minimum atomic E-state index is -0.120. The Morgan fingerprint density at radius 3 is 2.62 bits per heavy atom. The van der Waals surface area contributed by atoms with Crippen molar-refractivity contribution in [3.05, 3.63) is 19.2 Å². The number of amides is 1. The fourth-order valence-electron chi connectivity index (χ4n) is 1.21. The van der Waals surface area contributed by atoms with Crippen molar-refractivity contribution in [2.75, 3.05) is 6.54 Å². The summed E-state index contributed by atoms with van der Waals surface area (Å²) in [5.74, 6) is -0.120. The molecule has 0 bridgehead atoms. The molecule has 0 atom stereocenters. The molecule has 1 amide bonds. The average Bonchev–Trinajstić information content (AvgIpc) is 2.53. The van der Waals surface area contributed by atoms with Crippen LogP contribution < -0.4 is 0 Å². The first-order valence-corrected chi connectivity index (χ1v) is 7.00. The molecule has 0 radical (unpaired) electrons. The maximum absolute atomic E-state index is 12.1. The second-order valence-corrected chi connectivity index (χ2v) is 7.17. The van der Waals surface area contributed by atoms with E-state index in [-0.39, 0.29) is 18.5 Å². The lowest BCUT2D eigenvalue weighted by Crippen LogP contribution is -2.37. The van der Waals surface area contributed by atoms with Crippen LogP contribution in [-0.4, -0.2) is 23.4 Å². The van der Waals surface area contributed by atoms with Crippen LogP contribution in [0.1, 0.15) is 24.2 Å². The summed E-state index contributed by atoms with van der Waals surface area (Å²) in [6.07, 6.45) is 0. The summed E-state index contributed by atoms with van der Waals surface area (Å²) < 4.78 is 1.68. The zero-order valence-electron chi connectivity index (χ0n) is 8.83. The van der Waals surface area contributed by atoms with Crippen molar-refractivity contribution in [3.63, 3.8) is 0 Å². The molecule has 1 aromatic rings. The number of hydrogen-bond acceptors (Lipinski definition) is 3. The van der Waals surface area contributed by atoms with Crippen LogP contribution >= 0.6 is 43.2 Å². The van der Waals surface area contributed by atoms with Crippen molar-refractivity contribution < 1.29 is 4.79 Å². The summed E-state index contributed by atoms with van der Waals surface area (Å²) in [6, 6.07) is 3.79. The van der Waals surface area contributed by atoms with Crippen molar-refractivity contribution >= 4 is 49.1 Å². The van der Waals surface area contributed by atoms with E-state index in [1.54, 1.807) is 11.0 Å². The Balaban J connectivity index is 3.00. The van der Waals surface area contributed by atoms with E-state index < -0.39 is 0 Å². The summed E-state index contributed by atoms with van der Waals surface area (Å²) in [5, 5.41) is 8.69. The molecule has 0 spiro atoms. The minimum absolute atomic E-state index is 0.0118. The first kappa shape index (κ1) is 13.7. The molecule has 0 saturated carbocycles. The van der Waals surface area contributed by atoms with E-state index in [0.29, 0.717) is 5.56 Å². The largest absolute Gasteiger partial charge is 0.323 e. The molecule has 1 rings (SSSR count). The number of thiophene rings is 1. The molecule has 0 aliphatic rings. The van der Waals surface area contributed by atoms with Gasteiger partial charge >= 0.3 is 0 Å². The Hall–Kier alpha value is -0.380. The molecule has 0 fully saturated rings. The minimum Gasteiger partial charge on any atom is -0.323 e. The lowest BCUT2D eigenvalue weighted by molar-refractivity contribution is 0.0731. The third kappa shape index (κ3) is 3.06. The highest BCUT2D eigenvalue weighted by Gasteiger charge is 2.22. The van der Waals surface area contributed by atoms with Gasteiger partial charge in [0, 0.05) is 6.04 Å². The van der Waals surface area contributed by atoms with Gasteiger partial charge in [0.2, 0.25) is 0 Å². The normalized spacial score (nSPS) is 10.2. The topological polar surface area (TPSA) is 44.1 Å². The number of nitrogens with zero attached hydrogens (tertiary/aromatic N) is 2. The third-order valence-electron chi connectivity index (χ3n) is 2.01. The summed E-state index contributed by atoms with van der Waals surface area (Å²) in [5.41, 5.74) is 0.598. The SMILES string of the molecule is CC(C)N(CC#N)C(=O)c1cc(Br)sc1Br. The van der Waals surface area contributed by atoms with Crippen LogP contribution in [0, 0.1) is 11.3 Å². The van der Waals surface area contributed by atoms with Gasteiger partial charge in [-0.25, -0.2) is 0 Å². The van der Waals surface area contributed by atoms with Gasteiger partial charge in [-0.15, -0.1) is 11.3 Å². The smallest absolute Gasteiger partial charge is 0.256 e. The predicted octanol–water partition coefficient (Wildman–Crippen LogP) is 3.65. The molecule has 3 nitrogen and oxygen atoms in total. The molecule has 16 heavy (non-hydrogen) atoms. The lowest BCUT2D eigenvalue weighted by atomic mass is 10.2. The van der Waals surface area contributed by atoms with Crippen molar-refractivity contribution in [1.29, 1.82) is 5.26 Å². The van der Waals surface area contributed by atoms with Gasteiger partial charge < -0.3 is 4.90 Å². The number of carbonyl (C=O) groups excluding carboxylic acids is 1. The Kier molecular flexibility index (Phi) is 4.96. The van der Waals surface area contributed by atoms with Crippen molar-refractivity contribution in [1.82, 2.24) is 4.90 Å². The van der Waals surface area contributed by atoms with Gasteiger partial charge in [0.25, 0.3) is 5.91 Å². The van der Waals surface area contributed by atoms with Crippen LogP contribution in [0.3, 0.4) is 0 Å². The molecular weight excluding hydrogens is 356 g/mol. The van der Waals surface area contributed by atoms with Gasteiger partial charge in [-0.1, -0.05) is 0 Å². The Morgan fingerprint density at radius 1 is 1.62 bits per heavy atom. The van der Waals surface area contributed by atoms with Crippen LogP contribution in [0.15, 0.2) is 13.6 Å². The molecule has 1 heterocycles. The highest BCUT2D eigenvalue weighted by molar-refractivity contribution is 9.12. The van der Waals surface area contributed by atoms with Gasteiger partial charge in [-0.05, 0) is 51.8 Å². The molecule has 0 aliphatic carbocycles. The van der Waals surface area contributed by atoms with Gasteiger partial charge in [0.15, 0.2) is 0 Å². The second kappa shape index (κ2) is 5.80. The van der Waals surface area contributed by atoms with Crippen molar-refractivity contribution in [3.8, 4) is 6.07 Å². The van der Waals surface area contributed by atoms with E-state index in [2.05, 4.69) is 31.9 Å². The van der Waals surface area contributed by atoms with E-state index in [1.807, 2.05) is 19.9 Å². The van der Waals surface area contributed by atoms with E-state index in [1.165, 1.54) is 11.3 Å². The van der Waals surface area contributed by atoms with E-state index in [0.717, 1.165) is 7.57 Å². The van der Waals surface area contributed by atoms with Gasteiger partial charge in [0.05, 0.1) is 19.2 Å². The molecule has 86 valence electrons. The zero-order valence-corrected chi connectivity index (χ0v) is 12.8. The molecule has 1 aromatic heterocycles. The third-order valence-corrected chi connectivity index (χ3v) is 4.35. The Bertz CT molecular complexity index is 437. The van der Waals surface area contributed by atoms with Crippen LogP contribution in [0.4, 0.5) is 0 Å². The lowest BCUT2D eigenvalue weighted by Gasteiger charge is -2.23. The second-order valence-electron chi connectivity index (χ2n) is 3.42. The fourth-order valence-corrected chi connectivity index (χ4v) is 3.98. The number of nitriles is 1. The molecule has 0 aliphatic heterocycles. The van der Waals surface area contributed by atoms with Crippen LogP contribution in [0.25, 0.3) is 0 Å². The van der Waals surface area contributed by atoms with Gasteiger partial charge in [-0.2, -0.15) is 5.26 Å². The monoisotopic (exact) mass is 364 g/mol. The van der Waals surface area contributed by atoms with Crippen LogP contribution in [0.2, 0.25) is 0 Å². The quantitative estimate of drug-likeness (QED) is 0.767. The van der Waals surface area contributed by atoms with Crippen LogP contribution in [0.5, 0.6) is 0 Å². The Labute approximate surface area is 115 Å². The molecule has 0 aromatic carbocycles. The van der Waals surface area contributed by atoms with Crippen molar-refractivity contribution in [2.45, 2.75) is 19.9 Å². The first-order valence-electron chi connectivity index (χ1n) is 4.60.